The van der Waals surface area contributed by atoms with Crippen molar-refractivity contribution in [1.29, 1.82) is 5.26 Å². The van der Waals surface area contributed by atoms with Crippen molar-refractivity contribution in [3.05, 3.63) is 114 Å². The minimum Gasteiger partial charge on any atom is -0.497 e. The third-order valence-electron chi connectivity index (χ3n) is 6.42. The van der Waals surface area contributed by atoms with Crippen LogP contribution in [0.5, 0.6) is 11.5 Å². The number of nitriles is 1. The van der Waals surface area contributed by atoms with Gasteiger partial charge in [-0.25, -0.2) is 8.42 Å². The van der Waals surface area contributed by atoms with Gasteiger partial charge in [0.05, 0.1) is 41.2 Å². The average molecular weight is 558 g/mol. The van der Waals surface area contributed by atoms with Crippen molar-refractivity contribution in [2.75, 3.05) is 14.2 Å². The predicted octanol–water partition coefficient (Wildman–Crippen LogP) is 2.79. The number of nitrogens with zero attached hydrogens (tertiary/aromatic N) is 2. The minimum atomic E-state index is -4.21. The lowest BCUT2D eigenvalue weighted by atomic mass is 9.90. The molecule has 8 nitrogen and oxygen atoms in total. The molecule has 4 aromatic rings. The van der Waals surface area contributed by atoms with Crippen LogP contribution >= 0.6 is 11.3 Å². The highest BCUT2D eigenvalue weighted by molar-refractivity contribution is 7.95. The molecule has 0 saturated heterocycles. The number of fused-ring (bicyclic) bond motifs is 1. The molecule has 0 spiro atoms. The lowest BCUT2D eigenvalue weighted by Crippen LogP contribution is -2.39. The summed E-state index contributed by atoms with van der Waals surface area (Å²) < 4.78 is 40.2. The number of allylic oxidation sites excluding steroid dienone is 1. The second kappa shape index (κ2) is 10.3. The molecule has 5 rings (SSSR count). The van der Waals surface area contributed by atoms with Crippen LogP contribution in [0.4, 0.5) is 0 Å². The van der Waals surface area contributed by atoms with Crippen LogP contribution < -0.4 is 30.0 Å². The molecule has 0 radical (unpaired) electrons. The molecule has 0 aliphatic carbocycles. The highest BCUT2D eigenvalue weighted by Crippen LogP contribution is 2.41. The first-order chi connectivity index (χ1) is 18.8. The summed E-state index contributed by atoms with van der Waals surface area (Å²) in [6, 6.07) is 23.9. The first-order valence-electron chi connectivity index (χ1n) is 11.8. The van der Waals surface area contributed by atoms with Gasteiger partial charge < -0.3 is 15.2 Å². The van der Waals surface area contributed by atoms with Crippen LogP contribution in [0, 0.1) is 11.3 Å². The number of methoxy groups -OCH3 is 2. The summed E-state index contributed by atoms with van der Waals surface area (Å²) in [5, 5.41) is 10.4. The zero-order valence-corrected chi connectivity index (χ0v) is 22.6. The van der Waals surface area contributed by atoms with Gasteiger partial charge in [0.2, 0.25) is 9.84 Å². The summed E-state index contributed by atoms with van der Waals surface area (Å²) in [6.07, 6.45) is 1.67. The second-order valence-electron chi connectivity index (χ2n) is 8.63. The van der Waals surface area contributed by atoms with E-state index in [1.165, 1.54) is 19.2 Å². The Morgan fingerprint density at radius 2 is 1.54 bits per heavy atom. The highest BCUT2D eigenvalue weighted by atomic mass is 32.2. The van der Waals surface area contributed by atoms with E-state index in [0.717, 1.165) is 21.5 Å². The van der Waals surface area contributed by atoms with Gasteiger partial charge in [0.1, 0.15) is 26.9 Å². The number of rotatable bonds is 6. The molecule has 0 unspecified atom stereocenters. The molecule has 2 N–H and O–H groups in total. The molecule has 1 aliphatic heterocycles. The molecule has 1 atom stereocenters. The van der Waals surface area contributed by atoms with Gasteiger partial charge in [-0.05, 0) is 53.6 Å². The number of benzene rings is 3. The Morgan fingerprint density at radius 1 is 0.949 bits per heavy atom. The predicted molar refractivity (Wildman–Crippen MR) is 150 cm³/mol. The monoisotopic (exact) mass is 557 g/mol. The Kier molecular flexibility index (Phi) is 6.87. The van der Waals surface area contributed by atoms with Crippen LogP contribution in [0.25, 0.3) is 17.5 Å². The van der Waals surface area contributed by atoms with Crippen molar-refractivity contribution in [3.8, 4) is 17.6 Å². The van der Waals surface area contributed by atoms with Crippen molar-refractivity contribution in [1.82, 2.24) is 4.57 Å². The SMILES string of the molecule is COc1ccc(/C=c2/sc3n(c2=O)C(N)=C(S(=O)(=O)c2ccccc2)[C@@H](c2ccc(OC)cc2)C=3C#N)cc1. The normalized spacial score (nSPS) is 15.6. The number of sulfone groups is 1. The first kappa shape index (κ1) is 26.0. The maximum absolute atomic E-state index is 14.0. The standard InChI is InChI=1S/C29H23N3O5S2/c1-36-20-12-8-18(9-13-20)16-24-28(33)32-27(31)26(39(34,35)22-6-4-3-5-7-22)25(23(17-30)29(32)38-24)19-10-14-21(37-2)15-11-19/h3-16,25H,31H2,1-2H3/b24-16+/t25-/m0/s1. The molecule has 0 saturated carbocycles. The fraction of sp³-hybridized carbons (Fsp3) is 0.103. The van der Waals surface area contributed by atoms with E-state index in [1.54, 1.807) is 79.9 Å². The van der Waals surface area contributed by atoms with E-state index in [9.17, 15) is 18.5 Å². The topological polar surface area (TPSA) is 124 Å². The van der Waals surface area contributed by atoms with Gasteiger partial charge in [-0.15, -0.1) is 11.3 Å². The maximum atomic E-state index is 14.0. The zero-order chi connectivity index (χ0) is 27.7. The molecule has 39 heavy (non-hydrogen) atoms. The third kappa shape index (κ3) is 4.52. The van der Waals surface area contributed by atoms with Crippen molar-refractivity contribution in [3.63, 3.8) is 0 Å². The van der Waals surface area contributed by atoms with Gasteiger partial charge >= 0.3 is 0 Å². The molecule has 10 heteroatoms. The summed E-state index contributed by atoms with van der Waals surface area (Å²) in [6.45, 7) is 0. The van der Waals surface area contributed by atoms with E-state index in [4.69, 9.17) is 15.2 Å². The molecule has 1 aromatic heterocycles. The summed E-state index contributed by atoms with van der Waals surface area (Å²) in [4.78, 5) is 13.4. The number of thiazole rings is 1. The number of hydrogen-bond donors (Lipinski definition) is 1. The number of ether oxygens (including phenoxy) is 2. The van der Waals surface area contributed by atoms with Crippen LogP contribution in [0.15, 0.2) is 93.5 Å². The molecule has 2 heterocycles. The fourth-order valence-electron chi connectivity index (χ4n) is 4.49. The van der Waals surface area contributed by atoms with Crippen LogP contribution in [0.1, 0.15) is 17.0 Å². The molecular formula is C29H23N3O5S2. The van der Waals surface area contributed by atoms with Gasteiger partial charge in [-0.2, -0.15) is 5.26 Å². The Morgan fingerprint density at radius 3 is 2.10 bits per heavy atom. The average Bonchev–Trinajstić information content (AvgIpc) is 3.29. The molecular weight excluding hydrogens is 534 g/mol. The number of aromatic nitrogens is 1. The Balaban J connectivity index is 1.84. The Hall–Kier alpha value is -4.59. The molecule has 1 aliphatic rings. The molecule has 0 fully saturated rings. The second-order valence-corrected chi connectivity index (χ2v) is 11.6. The number of nitrogens with two attached hydrogens (primary N) is 1. The van der Waals surface area contributed by atoms with E-state index in [-0.39, 0.29) is 25.9 Å². The third-order valence-corrected chi connectivity index (χ3v) is 9.45. The van der Waals surface area contributed by atoms with Crippen LogP contribution in [-0.4, -0.2) is 27.2 Å². The Labute approximate surface area is 228 Å². The van der Waals surface area contributed by atoms with Gasteiger partial charge in [-0.1, -0.05) is 42.5 Å². The van der Waals surface area contributed by atoms with Gasteiger partial charge in [0, 0.05) is 0 Å². The van der Waals surface area contributed by atoms with Crippen molar-refractivity contribution in [2.24, 2.45) is 5.73 Å². The van der Waals surface area contributed by atoms with Crippen molar-refractivity contribution >= 4 is 38.6 Å². The highest BCUT2D eigenvalue weighted by Gasteiger charge is 2.39. The summed E-state index contributed by atoms with van der Waals surface area (Å²) >= 11 is 1.09. The first-order valence-corrected chi connectivity index (χ1v) is 14.1. The van der Waals surface area contributed by atoms with Crippen molar-refractivity contribution in [2.45, 2.75) is 10.8 Å². The van der Waals surface area contributed by atoms with E-state index >= 15 is 0 Å². The quantitative estimate of drug-likeness (QED) is 0.387. The van der Waals surface area contributed by atoms with Crippen molar-refractivity contribution < 1.29 is 17.9 Å². The zero-order valence-electron chi connectivity index (χ0n) is 21.0. The Bertz CT molecular complexity index is 1920. The summed E-state index contributed by atoms with van der Waals surface area (Å²) in [5.74, 6) is -0.0242. The largest absolute Gasteiger partial charge is 0.497 e. The smallest absolute Gasteiger partial charge is 0.274 e. The molecule has 0 bridgehead atoms. The van der Waals surface area contributed by atoms with E-state index in [2.05, 4.69) is 6.07 Å². The summed E-state index contributed by atoms with van der Waals surface area (Å²) in [5.41, 5.74) is 7.41. The summed E-state index contributed by atoms with van der Waals surface area (Å²) in [7, 11) is -1.12. The molecule has 0 amide bonds. The maximum Gasteiger partial charge on any atom is 0.274 e. The lowest BCUT2D eigenvalue weighted by molar-refractivity contribution is 0.414. The van der Waals surface area contributed by atoms with E-state index in [0.29, 0.717) is 21.6 Å². The lowest BCUT2D eigenvalue weighted by Gasteiger charge is -2.26. The van der Waals surface area contributed by atoms with Crippen LogP contribution in [-0.2, 0) is 9.84 Å². The van der Waals surface area contributed by atoms with E-state index < -0.39 is 21.3 Å². The fourth-order valence-corrected chi connectivity index (χ4v) is 7.32. The molecule has 3 aromatic carbocycles. The molecule has 196 valence electrons. The van der Waals surface area contributed by atoms with E-state index in [1.807, 2.05) is 0 Å². The van der Waals surface area contributed by atoms with Gasteiger partial charge in [-0.3, -0.25) is 9.36 Å². The van der Waals surface area contributed by atoms with Crippen LogP contribution in [0.2, 0.25) is 0 Å². The minimum absolute atomic E-state index is 0.00972. The van der Waals surface area contributed by atoms with Crippen LogP contribution in [0.3, 0.4) is 0 Å². The van der Waals surface area contributed by atoms with Gasteiger partial charge in [0.25, 0.3) is 5.56 Å². The van der Waals surface area contributed by atoms with Gasteiger partial charge in [0.15, 0.2) is 0 Å². The number of hydrogen-bond acceptors (Lipinski definition) is 8.